The summed E-state index contributed by atoms with van der Waals surface area (Å²) < 4.78 is 6.78. The zero-order valence-electron chi connectivity index (χ0n) is 15.0. The van der Waals surface area contributed by atoms with E-state index < -0.39 is 0 Å². The van der Waals surface area contributed by atoms with E-state index in [0.29, 0.717) is 29.4 Å². The van der Waals surface area contributed by atoms with Crippen LogP contribution in [0.25, 0.3) is 10.2 Å². The fraction of sp³-hybridized carbons (Fsp3) is 0.389. The number of thioether (sulfide) groups is 1. The highest BCUT2D eigenvalue weighted by atomic mass is 32.2. The minimum Gasteiger partial charge on any atom is -0.383 e. The molecule has 26 heavy (non-hydrogen) atoms. The lowest BCUT2D eigenvalue weighted by Crippen LogP contribution is -2.25. The summed E-state index contributed by atoms with van der Waals surface area (Å²) in [4.78, 5) is 34.8. The summed E-state index contributed by atoms with van der Waals surface area (Å²) in [7, 11) is 1.60. The molecule has 0 fully saturated rings. The highest BCUT2D eigenvalue weighted by molar-refractivity contribution is 7.99. The lowest BCUT2D eigenvalue weighted by Gasteiger charge is -2.11. The van der Waals surface area contributed by atoms with Crippen molar-refractivity contribution in [3.8, 4) is 0 Å². The number of hydrogen-bond donors (Lipinski definition) is 1. The number of Topliss-reactive ketones (excluding diaryl/α,β-unsaturated/α-hetero) is 1. The van der Waals surface area contributed by atoms with Gasteiger partial charge in [0.1, 0.15) is 4.83 Å². The van der Waals surface area contributed by atoms with Crippen LogP contribution in [0.1, 0.15) is 27.9 Å². The molecule has 3 rings (SSSR count). The summed E-state index contributed by atoms with van der Waals surface area (Å²) in [5, 5.41) is 1.26. The summed E-state index contributed by atoms with van der Waals surface area (Å²) in [6, 6.07) is 3.53. The smallest absolute Gasteiger partial charge is 0.263 e. The zero-order valence-corrected chi connectivity index (χ0v) is 16.6. The minimum atomic E-state index is -0.0527. The van der Waals surface area contributed by atoms with E-state index in [-0.39, 0.29) is 17.1 Å². The Balaban J connectivity index is 1.99. The van der Waals surface area contributed by atoms with Gasteiger partial charge in [0, 0.05) is 18.2 Å². The van der Waals surface area contributed by atoms with E-state index in [1.807, 2.05) is 13.8 Å². The van der Waals surface area contributed by atoms with Gasteiger partial charge in [-0.05, 0) is 31.0 Å². The molecule has 6 nitrogen and oxygen atoms in total. The summed E-state index contributed by atoms with van der Waals surface area (Å²) in [5.41, 5.74) is 1.57. The average Bonchev–Trinajstić information content (AvgIpc) is 3.26. The molecular weight excluding hydrogens is 370 g/mol. The van der Waals surface area contributed by atoms with Crippen molar-refractivity contribution in [2.45, 2.75) is 32.0 Å². The van der Waals surface area contributed by atoms with E-state index in [9.17, 15) is 9.59 Å². The first-order valence-corrected chi connectivity index (χ1v) is 10.2. The van der Waals surface area contributed by atoms with Crippen LogP contribution in [0.4, 0.5) is 0 Å². The number of ketones is 1. The normalized spacial score (nSPS) is 11.3. The standard InChI is InChI=1S/C18H21N3O3S2/c1-4-12-11(2)26-16-15(12)17(23)21(8-9-24-3)18(20-16)25-10-14(22)13-6-5-7-19-13/h5-7,19H,4,8-10H2,1-3H3. The van der Waals surface area contributed by atoms with Crippen LogP contribution in [0.3, 0.4) is 0 Å². The Labute approximate surface area is 159 Å². The number of thiophene rings is 1. The second-order valence-corrected chi connectivity index (χ2v) is 7.96. The fourth-order valence-corrected chi connectivity index (χ4v) is 4.92. The molecule has 0 bridgehead atoms. The Morgan fingerprint density at radius 2 is 2.27 bits per heavy atom. The third-order valence-corrected chi connectivity index (χ3v) is 6.20. The van der Waals surface area contributed by atoms with Crippen molar-refractivity contribution in [2.24, 2.45) is 0 Å². The number of methoxy groups -OCH3 is 1. The third-order valence-electron chi connectivity index (χ3n) is 4.18. The maximum atomic E-state index is 13.1. The number of nitrogens with one attached hydrogen (secondary N) is 1. The van der Waals surface area contributed by atoms with Crippen molar-refractivity contribution >= 4 is 39.1 Å². The van der Waals surface area contributed by atoms with Crippen molar-refractivity contribution in [3.63, 3.8) is 0 Å². The largest absolute Gasteiger partial charge is 0.383 e. The van der Waals surface area contributed by atoms with Crippen LogP contribution in [-0.2, 0) is 17.7 Å². The molecule has 0 spiro atoms. The van der Waals surface area contributed by atoms with Crippen molar-refractivity contribution < 1.29 is 9.53 Å². The predicted octanol–water partition coefficient (Wildman–Crippen LogP) is 3.28. The van der Waals surface area contributed by atoms with Gasteiger partial charge in [0.15, 0.2) is 10.9 Å². The predicted molar refractivity (Wildman–Crippen MR) is 106 cm³/mol. The Hall–Kier alpha value is -1.90. The van der Waals surface area contributed by atoms with Crippen LogP contribution in [-0.4, -0.2) is 39.8 Å². The van der Waals surface area contributed by atoms with Crippen molar-refractivity contribution in [2.75, 3.05) is 19.5 Å². The van der Waals surface area contributed by atoms with Crippen LogP contribution in [0.15, 0.2) is 28.3 Å². The van der Waals surface area contributed by atoms with Gasteiger partial charge in [-0.25, -0.2) is 4.98 Å². The summed E-state index contributed by atoms with van der Waals surface area (Å²) in [6.07, 6.45) is 2.52. The molecule has 0 amide bonds. The Morgan fingerprint density at radius 3 is 2.92 bits per heavy atom. The number of hydrogen-bond acceptors (Lipinski definition) is 6. The molecule has 1 N–H and O–H groups in total. The summed E-state index contributed by atoms with van der Waals surface area (Å²) in [6.45, 7) is 4.89. The number of nitrogens with zero attached hydrogens (tertiary/aromatic N) is 2. The van der Waals surface area contributed by atoms with E-state index in [1.165, 1.54) is 23.1 Å². The number of carbonyl (C=O) groups is 1. The van der Waals surface area contributed by atoms with Crippen LogP contribution in [0.5, 0.6) is 0 Å². The summed E-state index contributed by atoms with van der Waals surface area (Å²) >= 11 is 2.83. The van der Waals surface area contributed by atoms with E-state index in [2.05, 4.69) is 4.98 Å². The number of aryl methyl sites for hydroxylation is 2. The number of H-pyrrole nitrogens is 1. The van der Waals surface area contributed by atoms with Gasteiger partial charge in [-0.3, -0.25) is 14.2 Å². The Bertz CT molecular complexity index is 974. The quantitative estimate of drug-likeness (QED) is 0.362. The number of aromatic amines is 1. The van der Waals surface area contributed by atoms with Crippen molar-refractivity contribution in [1.82, 2.24) is 14.5 Å². The molecule has 3 heterocycles. The van der Waals surface area contributed by atoms with Gasteiger partial charge in [0.05, 0.1) is 30.0 Å². The summed E-state index contributed by atoms with van der Waals surface area (Å²) in [5.74, 6) is 0.195. The van der Waals surface area contributed by atoms with Gasteiger partial charge in [0.25, 0.3) is 5.56 Å². The SMILES string of the molecule is CCc1c(C)sc2nc(SCC(=O)c3ccc[nH]3)n(CCOC)c(=O)c12. The molecule has 8 heteroatoms. The Morgan fingerprint density at radius 1 is 1.46 bits per heavy atom. The van der Waals surface area contributed by atoms with Gasteiger partial charge in [-0.2, -0.15) is 0 Å². The molecule has 3 aromatic heterocycles. The van der Waals surface area contributed by atoms with E-state index in [0.717, 1.165) is 21.7 Å². The molecule has 138 valence electrons. The number of rotatable bonds is 8. The molecule has 3 aromatic rings. The molecule has 0 aliphatic rings. The number of aromatic nitrogens is 3. The molecule has 0 aliphatic carbocycles. The molecule has 0 aliphatic heterocycles. The molecular formula is C18H21N3O3S2. The fourth-order valence-electron chi connectivity index (χ4n) is 2.86. The highest BCUT2D eigenvalue weighted by Crippen LogP contribution is 2.29. The van der Waals surface area contributed by atoms with Crippen molar-refractivity contribution in [1.29, 1.82) is 0 Å². The molecule has 0 saturated carbocycles. The van der Waals surface area contributed by atoms with Gasteiger partial charge >= 0.3 is 0 Å². The first kappa shape index (κ1) is 18.9. The van der Waals surface area contributed by atoms with E-state index in [4.69, 9.17) is 9.72 Å². The van der Waals surface area contributed by atoms with Crippen LogP contribution >= 0.6 is 23.1 Å². The lowest BCUT2D eigenvalue weighted by molar-refractivity contribution is 0.101. The van der Waals surface area contributed by atoms with Crippen LogP contribution in [0.2, 0.25) is 0 Å². The second-order valence-electron chi connectivity index (χ2n) is 5.81. The maximum Gasteiger partial charge on any atom is 0.263 e. The third kappa shape index (κ3) is 3.62. The van der Waals surface area contributed by atoms with Gasteiger partial charge in [0.2, 0.25) is 0 Å². The van der Waals surface area contributed by atoms with Gasteiger partial charge in [-0.1, -0.05) is 18.7 Å². The molecule has 0 saturated heterocycles. The highest BCUT2D eigenvalue weighted by Gasteiger charge is 2.19. The molecule has 0 radical (unpaired) electrons. The first-order valence-electron chi connectivity index (χ1n) is 8.38. The monoisotopic (exact) mass is 391 g/mol. The zero-order chi connectivity index (χ0) is 18.7. The van der Waals surface area contributed by atoms with Gasteiger partial charge in [-0.15, -0.1) is 11.3 Å². The topological polar surface area (TPSA) is 77.0 Å². The molecule has 0 atom stereocenters. The average molecular weight is 392 g/mol. The van der Waals surface area contributed by atoms with Crippen molar-refractivity contribution in [3.05, 3.63) is 44.8 Å². The number of fused-ring (bicyclic) bond motifs is 1. The number of ether oxygens (including phenoxy) is 1. The molecule has 0 unspecified atom stereocenters. The van der Waals surface area contributed by atoms with Crippen LogP contribution in [0, 0.1) is 6.92 Å². The first-order chi connectivity index (χ1) is 12.6. The van der Waals surface area contributed by atoms with E-state index >= 15 is 0 Å². The van der Waals surface area contributed by atoms with Gasteiger partial charge < -0.3 is 9.72 Å². The Kier molecular flexibility index (Phi) is 5.95. The van der Waals surface area contributed by atoms with E-state index in [1.54, 1.807) is 30.0 Å². The molecule has 0 aromatic carbocycles. The maximum absolute atomic E-state index is 13.1. The minimum absolute atomic E-state index is 0.0238. The van der Waals surface area contributed by atoms with Crippen LogP contribution < -0.4 is 5.56 Å². The number of carbonyl (C=O) groups excluding carboxylic acids is 1. The second kappa shape index (κ2) is 8.20. The lowest BCUT2D eigenvalue weighted by atomic mass is 10.1.